The minimum Gasteiger partial charge on any atom is -0.480 e. The highest BCUT2D eigenvalue weighted by molar-refractivity contribution is 5.76. The average molecular weight is 302 g/mol. The van der Waals surface area contributed by atoms with Crippen molar-refractivity contribution in [3.63, 3.8) is 0 Å². The van der Waals surface area contributed by atoms with Gasteiger partial charge in [0.05, 0.1) is 17.0 Å². The monoisotopic (exact) mass is 302 g/mol. The highest BCUT2D eigenvalue weighted by atomic mass is 19.4. The number of halogens is 3. The van der Waals surface area contributed by atoms with Gasteiger partial charge >= 0.3 is 12.1 Å². The quantitative estimate of drug-likeness (QED) is 0.512. The molecule has 0 fully saturated rings. The summed E-state index contributed by atoms with van der Waals surface area (Å²) in [6.07, 6.45) is 0.290. The van der Waals surface area contributed by atoms with E-state index in [-0.39, 0.29) is 12.2 Å². The van der Waals surface area contributed by atoms with Gasteiger partial charge in [0.15, 0.2) is 0 Å². The van der Waals surface area contributed by atoms with Gasteiger partial charge in [-0.05, 0) is 12.1 Å². The highest BCUT2D eigenvalue weighted by Crippen LogP contribution is 2.36. The number of carbonyl (C=O) groups is 1. The fraction of sp³-hybridized carbons (Fsp3) is 0.250. The number of anilines is 1. The third-order valence-electron chi connectivity index (χ3n) is 2.45. The van der Waals surface area contributed by atoms with Gasteiger partial charge < -0.3 is 10.0 Å². The van der Waals surface area contributed by atoms with Crippen LogP contribution in [0, 0.1) is 22.5 Å². The molecule has 0 atom stereocenters. The van der Waals surface area contributed by atoms with Crippen molar-refractivity contribution in [3.05, 3.63) is 33.9 Å². The second-order valence-electron chi connectivity index (χ2n) is 3.91. The number of carboxylic acid groups (broad SMARTS) is 1. The highest BCUT2D eigenvalue weighted by Gasteiger charge is 2.33. The molecule has 112 valence electrons. The minimum atomic E-state index is -4.74. The van der Waals surface area contributed by atoms with Crippen LogP contribution in [0.2, 0.25) is 0 Å². The van der Waals surface area contributed by atoms with Crippen LogP contribution in [-0.4, -0.2) is 29.1 Å². The van der Waals surface area contributed by atoms with E-state index in [4.69, 9.17) is 11.5 Å². The van der Waals surface area contributed by atoms with Crippen molar-refractivity contribution in [3.8, 4) is 12.3 Å². The van der Waals surface area contributed by atoms with Crippen LogP contribution in [0.15, 0.2) is 18.2 Å². The first-order chi connectivity index (χ1) is 9.66. The topological polar surface area (TPSA) is 83.7 Å². The second-order valence-corrected chi connectivity index (χ2v) is 3.91. The summed E-state index contributed by atoms with van der Waals surface area (Å²) in [6.45, 7) is -0.963. The summed E-state index contributed by atoms with van der Waals surface area (Å²) in [5, 5.41) is 19.6. The maximum absolute atomic E-state index is 12.6. The zero-order valence-corrected chi connectivity index (χ0v) is 10.4. The molecular formula is C12H9F3N2O4. The summed E-state index contributed by atoms with van der Waals surface area (Å²) in [4.78, 5) is 21.5. The van der Waals surface area contributed by atoms with Gasteiger partial charge in [0.2, 0.25) is 0 Å². The zero-order chi connectivity index (χ0) is 16.2. The molecule has 21 heavy (non-hydrogen) atoms. The fourth-order valence-corrected chi connectivity index (χ4v) is 1.61. The number of carboxylic acids is 1. The summed E-state index contributed by atoms with van der Waals surface area (Å²) >= 11 is 0. The van der Waals surface area contributed by atoms with Crippen LogP contribution in [0.25, 0.3) is 0 Å². The first-order valence-corrected chi connectivity index (χ1v) is 5.42. The molecule has 0 saturated heterocycles. The number of alkyl halides is 3. The van der Waals surface area contributed by atoms with Crippen LogP contribution < -0.4 is 4.90 Å². The molecule has 0 aromatic heterocycles. The van der Waals surface area contributed by atoms with E-state index in [1.165, 1.54) is 0 Å². The van der Waals surface area contributed by atoms with Gasteiger partial charge in [-0.3, -0.25) is 14.9 Å². The van der Waals surface area contributed by atoms with E-state index in [9.17, 15) is 28.1 Å². The van der Waals surface area contributed by atoms with Crippen LogP contribution in [0.3, 0.4) is 0 Å². The normalized spacial score (nSPS) is 10.8. The Kier molecular flexibility index (Phi) is 4.75. The molecule has 0 saturated carbocycles. The van der Waals surface area contributed by atoms with Crippen LogP contribution in [-0.2, 0) is 11.0 Å². The van der Waals surface area contributed by atoms with Crippen molar-refractivity contribution in [2.45, 2.75) is 6.18 Å². The number of nitro groups is 1. The van der Waals surface area contributed by atoms with Crippen LogP contribution in [0.5, 0.6) is 0 Å². The SMILES string of the molecule is C#CCN(CC(=O)O)c1ccc(C(F)(F)F)cc1[N+](=O)[O-]. The Balaban J connectivity index is 3.37. The van der Waals surface area contributed by atoms with Gasteiger partial charge in [0.1, 0.15) is 12.2 Å². The molecule has 0 amide bonds. The molecule has 1 rings (SSSR count). The van der Waals surface area contributed by atoms with Gasteiger partial charge in [-0.2, -0.15) is 13.2 Å². The molecule has 1 aromatic carbocycles. The molecular weight excluding hydrogens is 293 g/mol. The standard InChI is InChI=1S/C12H9F3N2O4/c1-2-5-16(7-11(18)19)9-4-3-8(12(13,14)15)6-10(9)17(20)21/h1,3-4,6H,5,7H2,(H,18,19). The Morgan fingerprint density at radius 1 is 1.48 bits per heavy atom. The molecule has 0 aliphatic heterocycles. The van der Waals surface area contributed by atoms with E-state index in [0.717, 1.165) is 11.0 Å². The third-order valence-corrected chi connectivity index (χ3v) is 2.45. The predicted molar refractivity (Wildman–Crippen MR) is 66.8 cm³/mol. The molecule has 0 radical (unpaired) electrons. The number of rotatable bonds is 5. The number of hydrogen-bond acceptors (Lipinski definition) is 4. The van der Waals surface area contributed by atoms with Gasteiger partial charge in [-0.25, -0.2) is 0 Å². The maximum atomic E-state index is 12.6. The number of nitro benzene ring substituents is 1. The Hall–Kier alpha value is -2.76. The molecule has 0 bridgehead atoms. The Morgan fingerprint density at radius 3 is 2.52 bits per heavy atom. The van der Waals surface area contributed by atoms with Crippen molar-refractivity contribution >= 4 is 17.3 Å². The lowest BCUT2D eigenvalue weighted by atomic mass is 10.1. The van der Waals surface area contributed by atoms with E-state index in [2.05, 4.69) is 5.92 Å². The van der Waals surface area contributed by atoms with Crippen molar-refractivity contribution < 1.29 is 28.0 Å². The number of terminal acetylenes is 1. The average Bonchev–Trinajstić information content (AvgIpc) is 2.36. The van der Waals surface area contributed by atoms with E-state index < -0.39 is 34.9 Å². The van der Waals surface area contributed by atoms with Crippen molar-refractivity contribution in [2.75, 3.05) is 18.0 Å². The number of nitrogens with zero attached hydrogens (tertiary/aromatic N) is 2. The van der Waals surface area contributed by atoms with Crippen LogP contribution in [0.4, 0.5) is 24.5 Å². The summed E-state index contributed by atoms with van der Waals surface area (Å²) in [7, 11) is 0. The molecule has 0 heterocycles. The lowest BCUT2D eigenvalue weighted by Crippen LogP contribution is -2.30. The number of aliphatic carboxylic acids is 1. The second kappa shape index (κ2) is 6.13. The smallest absolute Gasteiger partial charge is 0.416 e. The number of benzene rings is 1. The lowest BCUT2D eigenvalue weighted by Gasteiger charge is -2.20. The summed E-state index contributed by atoms with van der Waals surface area (Å²) in [6, 6.07) is 1.82. The maximum Gasteiger partial charge on any atom is 0.416 e. The predicted octanol–water partition coefficient (Wildman–Crippen LogP) is 2.14. The largest absolute Gasteiger partial charge is 0.480 e. The summed E-state index contributed by atoms with van der Waals surface area (Å²) < 4.78 is 37.7. The van der Waals surface area contributed by atoms with E-state index in [1.807, 2.05) is 0 Å². The Labute approximate surface area is 116 Å². The Bertz CT molecular complexity index is 608. The van der Waals surface area contributed by atoms with Gasteiger partial charge in [-0.1, -0.05) is 5.92 Å². The molecule has 6 nitrogen and oxygen atoms in total. The van der Waals surface area contributed by atoms with Crippen LogP contribution >= 0.6 is 0 Å². The zero-order valence-electron chi connectivity index (χ0n) is 10.4. The molecule has 1 aromatic rings. The van der Waals surface area contributed by atoms with Crippen molar-refractivity contribution in [1.82, 2.24) is 0 Å². The molecule has 9 heteroatoms. The van der Waals surface area contributed by atoms with E-state index in [0.29, 0.717) is 12.1 Å². The summed E-state index contributed by atoms with van der Waals surface area (Å²) in [5.74, 6) is 0.780. The molecule has 0 aliphatic carbocycles. The molecule has 1 N–H and O–H groups in total. The molecule has 0 unspecified atom stereocenters. The Morgan fingerprint density at radius 2 is 2.10 bits per heavy atom. The lowest BCUT2D eigenvalue weighted by molar-refractivity contribution is -0.384. The van der Waals surface area contributed by atoms with Crippen LogP contribution in [0.1, 0.15) is 5.56 Å². The van der Waals surface area contributed by atoms with E-state index >= 15 is 0 Å². The van der Waals surface area contributed by atoms with Crippen molar-refractivity contribution in [1.29, 1.82) is 0 Å². The molecule has 0 aliphatic rings. The van der Waals surface area contributed by atoms with Gasteiger partial charge in [0.25, 0.3) is 5.69 Å². The van der Waals surface area contributed by atoms with Gasteiger partial charge in [0, 0.05) is 6.07 Å². The number of hydrogen-bond donors (Lipinski definition) is 1. The van der Waals surface area contributed by atoms with Gasteiger partial charge in [-0.15, -0.1) is 6.42 Å². The molecule has 0 spiro atoms. The third kappa shape index (κ3) is 4.10. The minimum absolute atomic E-state index is 0.284. The van der Waals surface area contributed by atoms with Crippen molar-refractivity contribution in [2.24, 2.45) is 0 Å². The summed E-state index contributed by atoms with van der Waals surface area (Å²) in [5.41, 5.74) is -2.34. The fourth-order valence-electron chi connectivity index (χ4n) is 1.61. The van der Waals surface area contributed by atoms with E-state index in [1.54, 1.807) is 0 Å². The first kappa shape index (κ1) is 16.3. The first-order valence-electron chi connectivity index (χ1n) is 5.42.